The summed E-state index contributed by atoms with van der Waals surface area (Å²) in [6, 6.07) is 3.71. The molecular weight excluding hydrogens is 352 g/mol. The highest BCUT2D eigenvalue weighted by Gasteiger charge is 2.26. The lowest BCUT2D eigenvalue weighted by molar-refractivity contribution is -0.913. The van der Waals surface area contributed by atoms with Gasteiger partial charge in [-0.25, -0.2) is 0 Å². The van der Waals surface area contributed by atoms with Crippen molar-refractivity contribution in [2.24, 2.45) is 0 Å². The molecule has 5 heteroatoms. The molecule has 1 aromatic carbocycles. The highest BCUT2D eigenvalue weighted by molar-refractivity contribution is 6.09. The minimum atomic E-state index is -0.0671. The lowest BCUT2D eigenvalue weighted by Gasteiger charge is -2.23. The lowest BCUT2D eigenvalue weighted by Crippen LogP contribution is -3.10. The Kier molecular flexibility index (Phi) is 7.00. The number of quaternary nitrogens is 1. The van der Waals surface area contributed by atoms with Gasteiger partial charge in [-0.1, -0.05) is 33.1 Å². The predicted molar refractivity (Wildman–Crippen MR) is 112 cm³/mol. The highest BCUT2D eigenvalue weighted by atomic mass is 16.3. The summed E-state index contributed by atoms with van der Waals surface area (Å²) >= 11 is 0. The Morgan fingerprint density at radius 3 is 2.50 bits per heavy atom. The van der Waals surface area contributed by atoms with E-state index >= 15 is 0 Å². The number of phenols is 1. The number of nitrogens with one attached hydrogen (secondary N) is 2. The summed E-state index contributed by atoms with van der Waals surface area (Å²) < 4.78 is 5.93. The number of amides is 1. The van der Waals surface area contributed by atoms with Crippen LogP contribution < -0.4 is 10.2 Å². The summed E-state index contributed by atoms with van der Waals surface area (Å²) in [5, 5.41) is 14.6. The molecule has 0 unspecified atom stereocenters. The fourth-order valence-electron chi connectivity index (χ4n) is 4.58. The molecule has 0 bridgehead atoms. The van der Waals surface area contributed by atoms with Crippen LogP contribution in [0.5, 0.6) is 5.75 Å². The first-order chi connectivity index (χ1) is 13.5. The van der Waals surface area contributed by atoms with Crippen LogP contribution in [0.15, 0.2) is 16.5 Å². The molecule has 1 aromatic heterocycles. The van der Waals surface area contributed by atoms with Crippen LogP contribution in [0.4, 0.5) is 0 Å². The lowest BCUT2D eigenvalue weighted by atomic mass is 9.95. The first kappa shape index (κ1) is 20.7. The van der Waals surface area contributed by atoms with Gasteiger partial charge in [-0.3, -0.25) is 4.79 Å². The third kappa shape index (κ3) is 4.52. The number of carbonyl (C=O) groups excluding carboxylic acids is 1. The second-order valence-corrected chi connectivity index (χ2v) is 8.20. The maximum atomic E-state index is 13.2. The normalized spacial score (nSPS) is 15.4. The molecule has 1 aliphatic rings. The molecule has 1 saturated carbocycles. The van der Waals surface area contributed by atoms with Crippen LogP contribution in [0.1, 0.15) is 80.5 Å². The maximum Gasteiger partial charge on any atom is 0.255 e. The Balaban J connectivity index is 1.96. The fourth-order valence-corrected chi connectivity index (χ4v) is 4.58. The van der Waals surface area contributed by atoms with E-state index in [1.807, 2.05) is 6.92 Å². The Morgan fingerprint density at radius 2 is 1.86 bits per heavy atom. The average molecular weight is 388 g/mol. The molecule has 0 atom stereocenters. The van der Waals surface area contributed by atoms with Gasteiger partial charge >= 0.3 is 0 Å². The molecule has 5 nitrogen and oxygen atoms in total. The van der Waals surface area contributed by atoms with Crippen molar-refractivity contribution in [2.75, 3.05) is 13.1 Å². The molecule has 0 radical (unpaired) electrons. The summed E-state index contributed by atoms with van der Waals surface area (Å²) in [5.74, 6) is 0.815. The zero-order chi connectivity index (χ0) is 20.1. The molecule has 1 heterocycles. The standard InChI is InChI=1S/C23H34N2O3/c1-4-13-25(14-5-2)15-18-19(26)11-12-20-22(18)21(16(3)28-20)23(27)24-17-9-7-6-8-10-17/h11-12,17,26H,4-10,13-15H2,1-3H3,(H,24,27)/p+1. The number of aromatic hydroxyl groups is 1. The maximum absolute atomic E-state index is 13.2. The van der Waals surface area contributed by atoms with Crippen LogP contribution >= 0.6 is 0 Å². The summed E-state index contributed by atoms with van der Waals surface area (Å²) in [7, 11) is 0. The Bertz CT molecular complexity index is 800. The van der Waals surface area contributed by atoms with Crippen molar-refractivity contribution >= 4 is 16.9 Å². The Labute approximate surface area is 168 Å². The van der Waals surface area contributed by atoms with Gasteiger partial charge in [0.1, 0.15) is 23.6 Å². The molecular formula is C23H35N2O3+. The van der Waals surface area contributed by atoms with E-state index < -0.39 is 0 Å². The van der Waals surface area contributed by atoms with E-state index in [1.54, 1.807) is 12.1 Å². The van der Waals surface area contributed by atoms with Crippen molar-refractivity contribution in [2.45, 2.75) is 78.3 Å². The van der Waals surface area contributed by atoms with Crippen LogP contribution in [0.25, 0.3) is 11.0 Å². The smallest absolute Gasteiger partial charge is 0.255 e. The van der Waals surface area contributed by atoms with Gasteiger partial charge < -0.3 is 19.7 Å². The number of carbonyl (C=O) groups is 1. The monoisotopic (exact) mass is 387 g/mol. The van der Waals surface area contributed by atoms with Crippen molar-refractivity contribution in [3.63, 3.8) is 0 Å². The topological polar surface area (TPSA) is 66.9 Å². The van der Waals surface area contributed by atoms with Gasteiger partial charge in [-0.05, 0) is 44.7 Å². The number of furan rings is 1. The predicted octanol–water partition coefficient (Wildman–Crippen LogP) is 3.71. The minimum absolute atomic E-state index is 0.0671. The summed E-state index contributed by atoms with van der Waals surface area (Å²) in [6.07, 6.45) is 7.87. The fraction of sp³-hybridized carbons (Fsp3) is 0.609. The van der Waals surface area contributed by atoms with E-state index in [9.17, 15) is 9.90 Å². The van der Waals surface area contributed by atoms with Crippen LogP contribution in [0.2, 0.25) is 0 Å². The minimum Gasteiger partial charge on any atom is -0.507 e. The van der Waals surface area contributed by atoms with Gasteiger partial charge in [0.25, 0.3) is 5.91 Å². The molecule has 3 N–H and O–H groups in total. The van der Waals surface area contributed by atoms with E-state index in [0.29, 0.717) is 23.5 Å². The number of phenolic OH excluding ortho intramolecular Hbond substituents is 1. The third-order valence-electron chi connectivity index (χ3n) is 5.92. The number of hydrogen-bond acceptors (Lipinski definition) is 3. The van der Waals surface area contributed by atoms with E-state index in [0.717, 1.165) is 49.7 Å². The molecule has 1 aliphatic carbocycles. The van der Waals surface area contributed by atoms with Crippen molar-refractivity contribution in [3.8, 4) is 5.75 Å². The highest BCUT2D eigenvalue weighted by Crippen LogP contribution is 2.33. The van der Waals surface area contributed by atoms with Crippen LogP contribution in [0, 0.1) is 6.92 Å². The zero-order valence-corrected chi connectivity index (χ0v) is 17.6. The number of benzene rings is 1. The third-order valence-corrected chi connectivity index (χ3v) is 5.92. The molecule has 3 rings (SSSR count). The zero-order valence-electron chi connectivity index (χ0n) is 17.6. The molecule has 1 amide bonds. The van der Waals surface area contributed by atoms with Gasteiger partial charge in [0, 0.05) is 11.4 Å². The van der Waals surface area contributed by atoms with Gasteiger partial charge in [0.15, 0.2) is 0 Å². The summed E-state index contributed by atoms with van der Waals surface area (Å²) in [6.45, 7) is 9.00. The molecule has 1 fully saturated rings. The Morgan fingerprint density at radius 1 is 1.18 bits per heavy atom. The molecule has 0 saturated heterocycles. The van der Waals surface area contributed by atoms with Gasteiger partial charge in [-0.2, -0.15) is 0 Å². The van der Waals surface area contributed by atoms with Crippen molar-refractivity contribution in [1.29, 1.82) is 0 Å². The van der Waals surface area contributed by atoms with E-state index in [2.05, 4.69) is 19.2 Å². The first-order valence-electron chi connectivity index (χ1n) is 10.9. The van der Waals surface area contributed by atoms with E-state index in [1.165, 1.54) is 24.2 Å². The van der Waals surface area contributed by atoms with Crippen molar-refractivity contribution in [3.05, 3.63) is 29.0 Å². The molecule has 0 aliphatic heterocycles. The second kappa shape index (κ2) is 9.46. The SMILES string of the molecule is CCC[NH+](CCC)Cc1c(O)ccc2oc(C)c(C(=O)NC3CCCCC3)c12. The van der Waals surface area contributed by atoms with Crippen LogP contribution in [-0.4, -0.2) is 30.1 Å². The first-order valence-corrected chi connectivity index (χ1v) is 10.9. The number of rotatable bonds is 8. The van der Waals surface area contributed by atoms with Gasteiger partial charge in [-0.15, -0.1) is 0 Å². The summed E-state index contributed by atoms with van der Waals surface area (Å²) in [4.78, 5) is 14.6. The van der Waals surface area contributed by atoms with Crippen molar-refractivity contribution < 1.29 is 19.2 Å². The Hall–Kier alpha value is -2.01. The van der Waals surface area contributed by atoms with Crippen LogP contribution in [0.3, 0.4) is 0 Å². The van der Waals surface area contributed by atoms with Gasteiger partial charge in [0.2, 0.25) is 0 Å². The molecule has 0 spiro atoms. The quantitative estimate of drug-likeness (QED) is 0.647. The van der Waals surface area contributed by atoms with E-state index in [4.69, 9.17) is 4.42 Å². The summed E-state index contributed by atoms with van der Waals surface area (Å²) in [5.41, 5.74) is 2.12. The van der Waals surface area contributed by atoms with Crippen LogP contribution in [-0.2, 0) is 6.54 Å². The largest absolute Gasteiger partial charge is 0.507 e. The van der Waals surface area contributed by atoms with E-state index in [-0.39, 0.29) is 17.7 Å². The average Bonchev–Trinajstić information content (AvgIpc) is 3.01. The molecule has 28 heavy (non-hydrogen) atoms. The number of aryl methyl sites for hydroxylation is 1. The second-order valence-electron chi connectivity index (χ2n) is 8.20. The number of fused-ring (bicyclic) bond motifs is 1. The van der Waals surface area contributed by atoms with Gasteiger partial charge in [0.05, 0.1) is 24.2 Å². The molecule has 154 valence electrons. The number of hydrogen-bond donors (Lipinski definition) is 3. The van der Waals surface area contributed by atoms with Crippen molar-refractivity contribution in [1.82, 2.24) is 5.32 Å². The molecule has 2 aromatic rings.